The first-order valence-corrected chi connectivity index (χ1v) is 6.06. The molecule has 4 rings (SSSR count). The fraction of sp³-hybridized carbons (Fsp3) is 0. The Morgan fingerprint density at radius 3 is 2.53 bits per heavy atom. The van der Waals surface area contributed by atoms with Crippen molar-refractivity contribution < 1.29 is 5.11 Å². The number of nitrogens with one attached hydrogen (secondary N) is 1. The number of fused-ring (bicyclic) bond motifs is 3. The number of nitrogens with zero attached hydrogens (tertiary/aromatic N) is 1. The van der Waals surface area contributed by atoms with Crippen molar-refractivity contribution in [1.29, 1.82) is 5.41 Å². The zero-order valence-corrected chi connectivity index (χ0v) is 10.0. The first-order chi connectivity index (χ1) is 9.29. The van der Waals surface area contributed by atoms with Crippen molar-refractivity contribution in [3.05, 3.63) is 53.2 Å². The Hall–Kier alpha value is -2.68. The van der Waals surface area contributed by atoms with Gasteiger partial charge < -0.3 is 5.11 Å². The van der Waals surface area contributed by atoms with E-state index in [1.54, 1.807) is 0 Å². The van der Waals surface area contributed by atoms with Gasteiger partial charge >= 0.3 is 0 Å². The van der Waals surface area contributed by atoms with Crippen molar-refractivity contribution >= 4 is 27.8 Å². The third kappa shape index (κ3) is 1.21. The van der Waals surface area contributed by atoms with E-state index in [9.17, 15) is 5.11 Å². The lowest BCUT2D eigenvalue weighted by atomic mass is 10.1. The molecule has 2 aromatic carbocycles. The van der Waals surface area contributed by atoms with E-state index in [1.165, 1.54) is 10.8 Å². The van der Waals surface area contributed by atoms with Gasteiger partial charge in [0.05, 0.1) is 17.2 Å². The van der Waals surface area contributed by atoms with Crippen molar-refractivity contribution in [2.45, 2.75) is 0 Å². The molecule has 0 fully saturated rings. The first kappa shape index (κ1) is 10.3. The maximum Gasteiger partial charge on any atom is 0.155 e. The van der Waals surface area contributed by atoms with Gasteiger partial charge in [-0.05, 0) is 22.2 Å². The van der Waals surface area contributed by atoms with Gasteiger partial charge in [0, 0.05) is 10.9 Å². The molecule has 0 bridgehead atoms. The Kier molecular flexibility index (Phi) is 1.85. The molecule has 0 saturated heterocycles. The number of benzene rings is 2. The second kappa shape index (κ2) is 3.42. The molecule has 1 aliphatic carbocycles. The standard InChI is InChI=1S/C16H10N2O/c17-16-10(8-19)7-13-11-5-1-3-9-4-2-6-12(14(9)11)15(13)18-16/h1-8,17,19H. The Balaban J connectivity index is 2.42. The summed E-state index contributed by atoms with van der Waals surface area (Å²) in [6.07, 6.45) is 0.943. The lowest BCUT2D eigenvalue weighted by molar-refractivity contribution is 0.539. The van der Waals surface area contributed by atoms with Gasteiger partial charge in [-0.1, -0.05) is 36.4 Å². The number of hydrogen-bond acceptors (Lipinski definition) is 3. The molecule has 0 atom stereocenters. The third-order valence-corrected chi connectivity index (χ3v) is 3.64. The van der Waals surface area contributed by atoms with Crippen molar-refractivity contribution in [2.24, 2.45) is 0 Å². The molecule has 0 unspecified atom stereocenters. The van der Waals surface area contributed by atoms with E-state index in [-0.39, 0.29) is 5.49 Å². The summed E-state index contributed by atoms with van der Waals surface area (Å²) in [4.78, 5) is 4.34. The van der Waals surface area contributed by atoms with Crippen LogP contribution in [-0.2, 0) is 0 Å². The summed E-state index contributed by atoms with van der Waals surface area (Å²) in [5.41, 5.74) is 1.93. The fourth-order valence-electron chi connectivity index (χ4n) is 2.80. The van der Waals surface area contributed by atoms with Crippen LogP contribution in [0.2, 0.25) is 0 Å². The van der Waals surface area contributed by atoms with Gasteiger partial charge in [0.25, 0.3) is 0 Å². The van der Waals surface area contributed by atoms with Crippen LogP contribution < -0.4 is 10.7 Å². The van der Waals surface area contributed by atoms with E-state index >= 15 is 0 Å². The molecule has 3 heteroatoms. The Bertz CT molecular complexity index is 986. The van der Waals surface area contributed by atoms with Gasteiger partial charge in [-0.15, -0.1) is 0 Å². The molecule has 0 saturated carbocycles. The molecule has 0 spiro atoms. The van der Waals surface area contributed by atoms with E-state index in [0.29, 0.717) is 5.22 Å². The monoisotopic (exact) mass is 246 g/mol. The highest BCUT2D eigenvalue weighted by Crippen LogP contribution is 2.39. The summed E-state index contributed by atoms with van der Waals surface area (Å²) in [6.45, 7) is 0. The van der Waals surface area contributed by atoms with Crippen LogP contribution in [0.25, 0.3) is 39.1 Å². The third-order valence-electron chi connectivity index (χ3n) is 3.64. The minimum Gasteiger partial charge on any atom is -0.515 e. The van der Waals surface area contributed by atoms with E-state index in [0.717, 1.165) is 28.3 Å². The van der Waals surface area contributed by atoms with Gasteiger partial charge in [-0.2, -0.15) is 0 Å². The largest absolute Gasteiger partial charge is 0.515 e. The molecule has 2 aliphatic rings. The molecule has 2 aromatic rings. The van der Waals surface area contributed by atoms with Crippen LogP contribution in [-0.4, -0.2) is 10.1 Å². The zero-order chi connectivity index (χ0) is 13.0. The van der Waals surface area contributed by atoms with Crippen LogP contribution in [0.15, 0.2) is 42.5 Å². The highest BCUT2D eigenvalue weighted by molar-refractivity contribution is 6.22. The molecule has 0 radical (unpaired) electrons. The molecule has 2 N–H and O–H groups in total. The number of aliphatic hydroxyl groups is 1. The predicted molar refractivity (Wildman–Crippen MR) is 75.2 cm³/mol. The summed E-state index contributed by atoms with van der Waals surface area (Å²) >= 11 is 0. The van der Waals surface area contributed by atoms with Crippen molar-refractivity contribution in [1.82, 2.24) is 4.98 Å². The SMILES string of the molecule is N=c1nc2c3cccc4cccc(c-2cc1=CO)c43. The summed E-state index contributed by atoms with van der Waals surface area (Å²) < 4.78 is 0. The Morgan fingerprint density at radius 2 is 1.79 bits per heavy atom. The highest BCUT2D eigenvalue weighted by Gasteiger charge is 2.17. The minimum absolute atomic E-state index is 0.103. The molecule has 19 heavy (non-hydrogen) atoms. The molecule has 1 aliphatic heterocycles. The molecule has 3 nitrogen and oxygen atoms in total. The summed E-state index contributed by atoms with van der Waals surface area (Å²) in [5.74, 6) is 0. The quantitative estimate of drug-likeness (QED) is 0.500. The van der Waals surface area contributed by atoms with Gasteiger partial charge in [-0.25, -0.2) is 4.98 Å². The molecule has 0 amide bonds. The van der Waals surface area contributed by atoms with E-state index in [1.807, 2.05) is 24.3 Å². The molecule has 90 valence electrons. The van der Waals surface area contributed by atoms with Gasteiger partial charge in [0.15, 0.2) is 5.49 Å². The predicted octanol–water partition coefficient (Wildman–Crippen LogP) is 2.42. The fourth-order valence-corrected chi connectivity index (χ4v) is 2.80. The van der Waals surface area contributed by atoms with Crippen LogP contribution in [0.4, 0.5) is 0 Å². The summed E-state index contributed by atoms with van der Waals surface area (Å²) in [5, 5.41) is 22.0. The van der Waals surface area contributed by atoms with E-state index in [4.69, 9.17) is 5.41 Å². The van der Waals surface area contributed by atoms with Crippen LogP contribution >= 0.6 is 0 Å². The maximum atomic E-state index is 9.18. The van der Waals surface area contributed by atoms with Crippen LogP contribution in [0.1, 0.15) is 0 Å². The van der Waals surface area contributed by atoms with Crippen molar-refractivity contribution in [3.8, 4) is 11.3 Å². The van der Waals surface area contributed by atoms with Gasteiger partial charge in [0.1, 0.15) is 0 Å². The smallest absolute Gasteiger partial charge is 0.155 e. The van der Waals surface area contributed by atoms with E-state index in [2.05, 4.69) is 23.2 Å². The average molecular weight is 246 g/mol. The number of pyridine rings is 1. The van der Waals surface area contributed by atoms with Crippen molar-refractivity contribution in [2.75, 3.05) is 0 Å². The molecular formula is C16H10N2O. The van der Waals surface area contributed by atoms with Crippen LogP contribution in [0, 0.1) is 5.41 Å². The van der Waals surface area contributed by atoms with Crippen LogP contribution in [0.3, 0.4) is 0 Å². The normalized spacial score (nSPS) is 12.9. The second-order valence-electron chi connectivity index (χ2n) is 4.66. The summed E-state index contributed by atoms with van der Waals surface area (Å²) in [6, 6.07) is 14.1. The average Bonchev–Trinajstić information content (AvgIpc) is 2.75. The Labute approximate surface area is 108 Å². The molecule has 0 aromatic heterocycles. The second-order valence-corrected chi connectivity index (χ2v) is 4.66. The number of aliphatic hydroxyl groups excluding tert-OH is 1. The lowest BCUT2D eigenvalue weighted by Crippen LogP contribution is -2.27. The minimum atomic E-state index is 0.103. The number of aromatic nitrogens is 1. The molecular weight excluding hydrogens is 236 g/mol. The topological polar surface area (TPSA) is 57.0 Å². The molecule has 1 heterocycles. The highest BCUT2D eigenvalue weighted by atomic mass is 16.2. The first-order valence-electron chi connectivity index (χ1n) is 6.06. The van der Waals surface area contributed by atoms with Gasteiger partial charge in [0.2, 0.25) is 0 Å². The van der Waals surface area contributed by atoms with Crippen LogP contribution in [0.5, 0.6) is 0 Å². The Morgan fingerprint density at radius 1 is 1.05 bits per heavy atom. The van der Waals surface area contributed by atoms with Gasteiger partial charge in [-0.3, -0.25) is 5.41 Å². The number of rotatable bonds is 0. The van der Waals surface area contributed by atoms with E-state index < -0.39 is 0 Å². The maximum absolute atomic E-state index is 9.18. The zero-order valence-electron chi connectivity index (χ0n) is 10.0. The van der Waals surface area contributed by atoms with Crippen molar-refractivity contribution in [3.63, 3.8) is 0 Å². The number of hydrogen-bond donors (Lipinski definition) is 2. The summed E-state index contributed by atoms with van der Waals surface area (Å²) in [7, 11) is 0. The lowest BCUT2D eigenvalue weighted by Gasteiger charge is -1.98.